The first kappa shape index (κ1) is 12.8. The van der Waals surface area contributed by atoms with E-state index >= 15 is 0 Å². The van der Waals surface area contributed by atoms with Crippen molar-refractivity contribution in [2.24, 2.45) is 5.73 Å². The Balaban J connectivity index is 3.49. The molecule has 0 aromatic rings. The maximum atomic E-state index is 10.7. The third-order valence-electron chi connectivity index (χ3n) is 1.86. The van der Waals surface area contributed by atoms with Gasteiger partial charge >= 0.3 is 0 Å². The molecule has 0 aliphatic heterocycles. The molecule has 2 atom stereocenters. The highest BCUT2D eigenvalue weighted by Gasteiger charge is 2.10. The van der Waals surface area contributed by atoms with Crippen molar-refractivity contribution in [2.75, 3.05) is 11.5 Å². The minimum atomic E-state index is -0.282. The van der Waals surface area contributed by atoms with Crippen LogP contribution in [0.2, 0.25) is 0 Å². The summed E-state index contributed by atoms with van der Waals surface area (Å²) in [5.41, 5.74) is 5.13. The number of rotatable bonds is 7. The van der Waals surface area contributed by atoms with Crippen molar-refractivity contribution >= 4 is 17.7 Å². The monoisotopic (exact) mass is 204 g/mol. The number of nitrogens with two attached hydrogens (primary N) is 1. The van der Waals surface area contributed by atoms with E-state index in [1.807, 2.05) is 11.8 Å². The zero-order chi connectivity index (χ0) is 10.3. The first-order valence-electron chi connectivity index (χ1n) is 4.71. The quantitative estimate of drug-likeness (QED) is 0.608. The van der Waals surface area contributed by atoms with Gasteiger partial charge in [-0.3, -0.25) is 4.79 Å². The number of carbonyl (C=O) groups is 1. The lowest BCUT2D eigenvalue weighted by Crippen LogP contribution is -2.43. The minimum Gasteiger partial charge on any atom is -0.368 e. The molecule has 0 radical (unpaired) electrons. The molecular weight excluding hydrogens is 184 g/mol. The molecule has 0 aromatic heterocycles. The number of amides is 1. The summed E-state index contributed by atoms with van der Waals surface area (Å²) in [5, 5.41) is 3.15. The average molecular weight is 204 g/mol. The number of hydrogen-bond acceptors (Lipinski definition) is 3. The predicted molar refractivity (Wildman–Crippen MR) is 58.9 cm³/mol. The molecule has 78 valence electrons. The van der Waals surface area contributed by atoms with Gasteiger partial charge in [-0.2, -0.15) is 11.8 Å². The Morgan fingerprint density at radius 3 is 2.62 bits per heavy atom. The molecule has 3 nitrogen and oxygen atoms in total. The van der Waals surface area contributed by atoms with Gasteiger partial charge in [-0.15, -0.1) is 0 Å². The Hall–Kier alpha value is -0.220. The molecule has 4 heteroatoms. The third kappa shape index (κ3) is 6.90. The van der Waals surface area contributed by atoms with Gasteiger partial charge in [0.1, 0.15) is 0 Å². The fourth-order valence-corrected chi connectivity index (χ4v) is 1.81. The predicted octanol–water partition coefficient (Wildman–Crippen LogP) is 0.981. The Bertz CT molecular complexity index is 153. The van der Waals surface area contributed by atoms with E-state index in [0.29, 0.717) is 6.04 Å². The highest BCUT2D eigenvalue weighted by atomic mass is 32.2. The summed E-state index contributed by atoms with van der Waals surface area (Å²) in [7, 11) is 0. The number of carbonyl (C=O) groups excluding carboxylic acids is 1. The maximum Gasteiger partial charge on any atom is 0.234 e. The molecule has 0 bridgehead atoms. The molecule has 0 saturated heterocycles. The lowest BCUT2D eigenvalue weighted by molar-refractivity contribution is -0.119. The first-order valence-corrected chi connectivity index (χ1v) is 5.86. The molecule has 0 aromatic carbocycles. The van der Waals surface area contributed by atoms with E-state index in [-0.39, 0.29) is 11.9 Å². The van der Waals surface area contributed by atoms with Crippen LogP contribution in [0.5, 0.6) is 0 Å². The van der Waals surface area contributed by atoms with Crippen LogP contribution >= 0.6 is 11.8 Å². The number of primary amides is 1. The molecule has 0 saturated carbocycles. The van der Waals surface area contributed by atoms with Crippen LogP contribution in [0, 0.1) is 0 Å². The fourth-order valence-electron chi connectivity index (χ4n) is 0.997. The molecule has 13 heavy (non-hydrogen) atoms. The van der Waals surface area contributed by atoms with Gasteiger partial charge in [0.2, 0.25) is 5.91 Å². The summed E-state index contributed by atoms with van der Waals surface area (Å²) in [6.45, 7) is 6.02. The smallest absolute Gasteiger partial charge is 0.234 e. The van der Waals surface area contributed by atoms with Crippen LogP contribution < -0.4 is 11.1 Å². The lowest BCUT2D eigenvalue weighted by atomic mass is 10.2. The molecular formula is C9H20N2OS. The van der Waals surface area contributed by atoms with E-state index in [1.54, 1.807) is 6.92 Å². The topological polar surface area (TPSA) is 55.1 Å². The molecule has 0 rings (SSSR count). The van der Waals surface area contributed by atoms with Crippen LogP contribution in [0.4, 0.5) is 0 Å². The van der Waals surface area contributed by atoms with Crippen molar-refractivity contribution in [3.63, 3.8) is 0 Å². The third-order valence-corrected chi connectivity index (χ3v) is 2.79. The van der Waals surface area contributed by atoms with Crippen molar-refractivity contribution in [3.8, 4) is 0 Å². The van der Waals surface area contributed by atoms with Gasteiger partial charge in [0.25, 0.3) is 0 Å². The van der Waals surface area contributed by atoms with Crippen molar-refractivity contribution in [1.29, 1.82) is 0 Å². The van der Waals surface area contributed by atoms with Gasteiger partial charge in [0, 0.05) is 6.04 Å². The Labute approximate surface area is 84.8 Å². The van der Waals surface area contributed by atoms with E-state index in [9.17, 15) is 4.79 Å². The Kier molecular flexibility index (Phi) is 7.09. The molecule has 0 heterocycles. The summed E-state index contributed by atoms with van der Waals surface area (Å²) >= 11 is 1.92. The van der Waals surface area contributed by atoms with Gasteiger partial charge in [-0.05, 0) is 31.8 Å². The van der Waals surface area contributed by atoms with E-state index in [1.165, 1.54) is 0 Å². The summed E-state index contributed by atoms with van der Waals surface area (Å²) in [6, 6.07) is 0.142. The van der Waals surface area contributed by atoms with Gasteiger partial charge < -0.3 is 11.1 Å². The number of thioether (sulfide) groups is 1. The minimum absolute atomic E-state index is 0.221. The largest absolute Gasteiger partial charge is 0.368 e. The van der Waals surface area contributed by atoms with Crippen LogP contribution in [0.25, 0.3) is 0 Å². The normalized spacial score (nSPS) is 15.3. The number of hydrogen-bond donors (Lipinski definition) is 2. The standard InChI is InChI=1S/C9H20N2OS/c1-4-13-6-5-7(2)11-8(3)9(10)12/h7-8,11H,4-6H2,1-3H3,(H2,10,12). The van der Waals surface area contributed by atoms with E-state index in [2.05, 4.69) is 19.2 Å². The highest BCUT2D eigenvalue weighted by Crippen LogP contribution is 2.04. The van der Waals surface area contributed by atoms with Crippen LogP contribution in [0.3, 0.4) is 0 Å². The highest BCUT2D eigenvalue weighted by molar-refractivity contribution is 7.99. The van der Waals surface area contributed by atoms with E-state index in [4.69, 9.17) is 5.73 Å². The van der Waals surface area contributed by atoms with Gasteiger partial charge in [-0.25, -0.2) is 0 Å². The second-order valence-corrected chi connectivity index (χ2v) is 4.57. The Morgan fingerprint density at radius 2 is 2.15 bits per heavy atom. The summed E-state index contributed by atoms with van der Waals surface area (Å²) < 4.78 is 0. The summed E-state index contributed by atoms with van der Waals surface area (Å²) in [5.74, 6) is 2.00. The molecule has 0 spiro atoms. The van der Waals surface area contributed by atoms with Crippen LogP contribution in [0.1, 0.15) is 27.2 Å². The van der Waals surface area contributed by atoms with Crippen molar-refractivity contribution in [1.82, 2.24) is 5.32 Å². The van der Waals surface area contributed by atoms with Gasteiger partial charge in [0.05, 0.1) is 6.04 Å². The summed E-state index contributed by atoms with van der Waals surface area (Å²) in [6.07, 6.45) is 1.08. The lowest BCUT2D eigenvalue weighted by Gasteiger charge is -2.17. The molecule has 0 fully saturated rings. The molecule has 0 aliphatic rings. The van der Waals surface area contributed by atoms with Crippen molar-refractivity contribution < 1.29 is 4.79 Å². The van der Waals surface area contributed by atoms with Crippen molar-refractivity contribution in [2.45, 2.75) is 39.3 Å². The number of nitrogens with one attached hydrogen (secondary N) is 1. The first-order chi connectivity index (χ1) is 6.07. The zero-order valence-corrected chi connectivity index (χ0v) is 9.49. The van der Waals surface area contributed by atoms with Crippen LogP contribution in [-0.4, -0.2) is 29.5 Å². The fraction of sp³-hybridized carbons (Fsp3) is 0.889. The van der Waals surface area contributed by atoms with E-state index < -0.39 is 0 Å². The van der Waals surface area contributed by atoms with Crippen LogP contribution in [0.15, 0.2) is 0 Å². The molecule has 2 unspecified atom stereocenters. The SMILES string of the molecule is CCSCCC(C)NC(C)C(N)=O. The van der Waals surface area contributed by atoms with Gasteiger partial charge in [-0.1, -0.05) is 6.92 Å². The summed E-state index contributed by atoms with van der Waals surface area (Å²) in [4.78, 5) is 10.7. The maximum absolute atomic E-state index is 10.7. The van der Waals surface area contributed by atoms with Crippen LogP contribution in [-0.2, 0) is 4.79 Å². The average Bonchev–Trinajstić information content (AvgIpc) is 2.04. The second kappa shape index (κ2) is 7.21. The molecule has 3 N–H and O–H groups in total. The van der Waals surface area contributed by atoms with Gasteiger partial charge in [0.15, 0.2) is 0 Å². The zero-order valence-electron chi connectivity index (χ0n) is 8.67. The molecule has 1 amide bonds. The van der Waals surface area contributed by atoms with E-state index in [0.717, 1.165) is 17.9 Å². The Morgan fingerprint density at radius 1 is 1.54 bits per heavy atom. The second-order valence-electron chi connectivity index (χ2n) is 3.18. The van der Waals surface area contributed by atoms with Crippen molar-refractivity contribution in [3.05, 3.63) is 0 Å². The molecule has 0 aliphatic carbocycles.